The van der Waals surface area contributed by atoms with Gasteiger partial charge in [0.2, 0.25) is 5.78 Å². The molecule has 0 bridgehead atoms. The molecular weight excluding hydrogens is 456 g/mol. The second-order valence-corrected chi connectivity index (χ2v) is 6.73. The fraction of sp³-hybridized carbons (Fsp3) is 0.111. The van der Waals surface area contributed by atoms with Crippen LogP contribution in [0.1, 0.15) is 16.1 Å². The number of carbonyl (C=O) groups excluding carboxylic acids is 2. The van der Waals surface area contributed by atoms with Gasteiger partial charge in [-0.05, 0) is 44.0 Å². The molecule has 0 aliphatic heterocycles. The third-order valence-corrected chi connectivity index (χ3v) is 4.87. The van der Waals surface area contributed by atoms with E-state index >= 15 is 0 Å². The summed E-state index contributed by atoms with van der Waals surface area (Å²) in [5.41, 5.74) is 1.06. The lowest BCUT2D eigenvalue weighted by Gasteiger charge is -2.09. The lowest BCUT2D eigenvalue weighted by molar-refractivity contribution is -0.142. The second-order valence-electron chi connectivity index (χ2n) is 5.08. The van der Waals surface area contributed by atoms with Crippen LogP contribution in [0.2, 0.25) is 0 Å². The van der Waals surface area contributed by atoms with E-state index in [0.29, 0.717) is 31.2 Å². The largest absolute Gasteiger partial charge is 0.480 e. The maximum Gasteiger partial charge on any atom is 0.343 e. The third kappa shape index (κ3) is 3.62. The molecule has 0 unspecified atom stereocenters. The second kappa shape index (κ2) is 7.41. The van der Waals surface area contributed by atoms with Gasteiger partial charge in [-0.3, -0.25) is 4.79 Å². The maximum atomic E-state index is 12.5. The molecule has 0 aliphatic carbocycles. The van der Waals surface area contributed by atoms with Gasteiger partial charge in [0.25, 0.3) is 0 Å². The number of hydrogen-bond acceptors (Lipinski definition) is 5. The van der Waals surface area contributed by atoms with E-state index in [-0.39, 0.29) is 18.2 Å². The molecule has 3 aromatic rings. The summed E-state index contributed by atoms with van der Waals surface area (Å²) in [5, 5.41) is 0.669. The molecule has 5 nitrogen and oxygen atoms in total. The van der Waals surface area contributed by atoms with Crippen LogP contribution in [0.4, 0.5) is 0 Å². The van der Waals surface area contributed by atoms with Gasteiger partial charge >= 0.3 is 5.97 Å². The van der Waals surface area contributed by atoms with Gasteiger partial charge in [0.1, 0.15) is 11.3 Å². The van der Waals surface area contributed by atoms with Gasteiger partial charge in [-0.25, -0.2) is 4.79 Å². The molecule has 0 N–H and O–H groups in total. The number of ether oxygens (including phenoxy) is 2. The molecular formula is C18H12Br2O5. The van der Waals surface area contributed by atoms with Crippen LogP contribution in [0.15, 0.2) is 55.8 Å². The molecule has 2 aromatic carbocycles. The fourth-order valence-corrected chi connectivity index (χ4v) is 3.68. The van der Waals surface area contributed by atoms with Crippen molar-refractivity contribution in [2.24, 2.45) is 0 Å². The molecule has 25 heavy (non-hydrogen) atoms. The van der Waals surface area contributed by atoms with Gasteiger partial charge in [-0.2, -0.15) is 0 Å². The van der Waals surface area contributed by atoms with Crippen molar-refractivity contribution in [3.05, 3.63) is 62.7 Å². The Morgan fingerprint density at radius 2 is 1.84 bits per heavy atom. The minimum atomic E-state index is -0.494. The predicted octanol–water partition coefficient (Wildman–Crippen LogP) is 4.74. The fourth-order valence-electron chi connectivity index (χ4n) is 2.26. The van der Waals surface area contributed by atoms with Crippen molar-refractivity contribution in [2.45, 2.75) is 0 Å². The SMILES string of the molecule is COC(=O)COc1c(Br)cc2oc(C(=O)c3ccccc3)cc2c1Br. The van der Waals surface area contributed by atoms with Gasteiger partial charge < -0.3 is 13.9 Å². The number of fused-ring (bicyclic) bond motifs is 1. The van der Waals surface area contributed by atoms with Crippen molar-refractivity contribution in [3.8, 4) is 5.75 Å². The lowest BCUT2D eigenvalue weighted by atomic mass is 10.1. The molecule has 0 radical (unpaired) electrons. The highest BCUT2D eigenvalue weighted by molar-refractivity contribution is 9.11. The monoisotopic (exact) mass is 466 g/mol. The van der Waals surface area contributed by atoms with Crippen molar-refractivity contribution in [1.29, 1.82) is 0 Å². The molecule has 0 spiro atoms. The van der Waals surface area contributed by atoms with E-state index in [1.165, 1.54) is 7.11 Å². The number of hydrogen-bond donors (Lipinski definition) is 0. The first kappa shape index (κ1) is 17.7. The summed E-state index contributed by atoms with van der Waals surface area (Å²) in [6, 6.07) is 12.2. The summed E-state index contributed by atoms with van der Waals surface area (Å²) >= 11 is 6.82. The topological polar surface area (TPSA) is 65.7 Å². The molecule has 0 atom stereocenters. The average Bonchev–Trinajstić information content (AvgIpc) is 3.05. The molecule has 3 rings (SSSR count). The van der Waals surface area contributed by atoms with Crippen molar-refractivity contribution < 1.29 is 23.5 Å². The number of ketones is 1. The Morgan fingerprint density at radius 1 is 1.12 bits per heavy atom. The Bertz CT molecular complexity index is 947. The van der Waals surface area contributed by atoms with Crippen molar-refractivity contribution in [3.63, 3.8) is 0 Å². The first-order valence-corrected chi connectivity index (χ1v) is 8.80. The molecule has 0 amide bonds. The van der Waals surface area contributed by atoms with E-state index in [9.17, 15) is 9.59 Å². The summed E-state index contributed by atoms with van der Waals surface area (Å²) in [7, 11) is 1.29. The Balaban J connectivity index is 1.99. The van der Waals surface area contributed by atoms with E-state index in [0.717, 1.165) is 0 Å². The number of esters is 1. The number of carbonyl (C=O) groups is 2. The van der Waals surface area contributed by atoms with Crippen LogP contribution in [-0.2, 0) is 9.53 Å². The summed E-state index contributed by atoms with van der Waals surface area (Å²) < 4.78 is 16.9. The molecule has 0 fully saturated rings. The van der Waals surface area contributed by atoms with Crippen LogP contribution in [0, 0.1) is 0 Å². The molecule has 128 valence electrons. The average molecular weight is 468 g/mol. The van der Waals surface area contributed by atoms with E-state index < -0.39 is 5.97 Å². The molecule has 1 heterocycles. The minimum Gasteiger partial charge on any atom is -0.480 e. The van der Waals surface area contributed by atoms with Crippen molar-refractivity contribution in [1.82, 2.24) is 0 Å². The van der Waals surface area contributed by atoms with E-state index in [4.69, 9.17) is 9.15 Å². The van der Waals surface area contributed by atoms with E-state index in [1.807, 2.05) is 6.07 Å². The highest BCUT2D eigenvalue weighted by Crippen LogP contribution is 2.41. The number of benzene rings is 2. The predicted molar refractivity (Wildman–Crippen MR) is 99.0 cm³/mol. The van der Waals surface area contributed by atoms with Crippen LogP contribution in [0.25, 0.3) is 11.0 Å². The normalized spacial score (nSPS) is 10.7. The van der Waals surface area contributed by atoms with Gasteiger partial charge in [0.15, 0.2) is 12.4 Å². The zero-order chi connectivity index (χ0) is 18.0. The van der Waals surface area contributed by atoms with Gasteiger partial charge in [0.05, 0.1) is 16.1 Å². The molecule has 7 heteroatoms. The Labute approximate surface area is 160 Å². The van der Waals surface area contributed by atoms with E-state index in [2.05, 4.69) is 36.6 Å². The van der Waals surface area contributed by atoms with Gasteiger partial charge in [-0.15, -0.1) is 0 Å². The van der Waals surface area contributed by atoms with Gasteiger partial charge in [-0.1, -0.05) is 30.3 Å². The van der Waals surface area contributed by atoms with Crippen LogP contribution >= 0.6 is 31.9 Å². The zero-order valence-corrected chi connectivity index (χ0v) is 16.2. The number of furan rings is 1. The quantitative estimate of drug-likeness (QED) is 0.400. The first-order chi connectivity index (χ1) is 12.0. The highest BCUT2D eigenvalue weighted by Gasteiger charge is 2.20. The van der Waals surface area contributed by atoms with Crippen molar-refractivity contribution in [2.75, 3.05) is 13.7 Å². The number of rotatable bonds is 5. The number of halogens is 2. The zero-order valence-electron chi connectivity index (χ0n) is 13.0. The summed E-state index contributed by atoms with van der Waals surface area (Å²) in [4.78, 5) is 23.8. The Morgan fingerprint density at radius 3 is 2.52 bits per heavy atom. The summed E-state index contributed by atoms with van der Waals surface area (Å²) in [5.74, 6) is -0.0563. The molecule has 0 saturated heterocycles. The van der Waals surface area contributed by atoms with E-state index in [1.54, 1.807) is 36.4 Å². The molecule has 1 aromatic heterocycles. The standard InChI is InChI=1S/C18H12Br2O5/c1-23-15(21)9-24-18-12(19)8-13-11(16(18)20)7-14(25-13)17(22)10-5-3-2-4-6-10/h2-8H,9H2,1H3. The maximum absolute atomic E-state index is 12.5. The summed E-state index contributed by atoms with van der Waals surface area (Å²) in [6.45, 7) is -0.229. The first-order valence-electron chi connectivity index (χ1n) is 7.22. The van der Waals surface area contributed by atoms with Crippen LogP contribution in [-0.4, -0.2) is 25.5 Å². The number of methoxy groups -OCH3 is 1. The lowest BCUT2D eigenvalue weighted by Crippen LogP contribution is -2.13. The smallest absolute Gasteiger partial charge is 0.343 e. The van der Waals surface area contributed by atoms with Crippen LogP contribution < -0.4 is 4.74 Å². The van der Waals surface area contributed by atoms with Gasteiger partial charge in [0, 0.05) is 10.9 Å². The summed E-state index contributed by atoms with van der Waals surface area (Å²) in [6.07, 6.45) is 0. The Kier molecular flexibility index (Phi) is 5.24. The van der Waals surface area contributed by atoms with Crippen LogP contribution in [0.5, 0.6) is 5.75 Å². The third-order valence-electron chi connectivity index (χ3n) is 3.49. The Hall–Kier alpha value is -2.12. The van der Waals surface area contributed by atoms with Crippen LogP contribution in [0.3, 0.4) is 0 Å². The molecule has 0 saturated carbocycles. The van der Waals surface area contributed by atoms with Crippen molar-refractivity contribution >= 4 is 54.6 Å². The molecule has 0 aliphatic rings. The highest BCUT2D eigenvalue weighted by atomic mass is 79.9. The minimum absolute atomic E-state index is 0.211.